The first-order valence-corrected chi connectivity index (χ1v) is 9.81. The topological polar surface area (TPSA) is 48.1 Å². The van der Waals surface area contributed by atoms with Crippen LogP contribution in [0, 0.1) is 13.8 Å². The van der Waals surface area contributed by atoms with E-state index in [0.717, 1.165) is 42.1 Å². The number of rotatable bonds is 3. The third-order valence-electron chi connectivity index (χ3n) is 4.03. The van der Waals surface area contributed by atoms with Gasteiger partial charge in [0.1, 0.15) is 10.8 Å². The van der Waals surface area contributed by atoms with E-state index in [1.54, 1.807) is 11.3 Å². The van der Waals surface area contributed by atoms with Gasteiger partial charge >= 0.3 is 0 Å². The fourth-order valence-electron chi connectivity index (χ4n) is 2.89. The minimum Gasteiger partial charge on any atom is -0.455 e. The Morgan fingerprint density at radius 2 is 1.65 bits per heavy atom. The van der Waals surface area contributed by atoms with Gasteiger partial charge in [0.15, 0.2) is 5.75 Å². The van der Waals surface area contributed by atoms with Crippen molar-refractivity contribution in [2.45, 2.75) is 13.8 Å². The van der Waals surface area contributed by atoms with E-state index in [1.165, 1.54) is 0 Å². The standard InChI is InChI=1S/C21H17BrN2OS/c1-12-7-13(2)9-16(8-12)25-19-11-20-18(10-17(19)23)24-21(26-20)14-3-5-15(22)6-4-14/h3-11H,23H2,1-2H3. The molecule has 0 saturated heterocycles. The Kier molecular flexibility index (Phi) is 4.42. The third kappa shape index (κ3) is 3.45. The first-order valence-electron chi connectivity index (χ1n) is 8.20. The Bertz CT molecular complexity index is 1080. The molecule has 5 heteroatoms. The number of anilines is 1. The summed E-state index contributed by atoms with van der Waals surface area (Å²) in [5.74, 6) is 1.46. The number of ether oxygens (including phenoxy) is 1. The highest BCUT2D eigenvalue weighted by Gasteiger charge is 2.11. The predicted octanol–water partition coefficient (Wildman–Crippen LogP) is 6.72. The quantitative estimate of drug-likeness (QED) is 0.371. The van der Waals surface area contributed by atoms with E-state index >= 15 is 0 Å². The Morgan fingerprint density at radius 1 is 0.962 bits per heavy atom. The van der Waals surface area contributed by atoms with Gasteiger partial charge in [0, 0.05) is 16.1 Å². The number of benzene rings is 3. The minimum atomic E-state index is 0.587. The highest BCUT2D eigenvalue weighted by atomic mass is 79.9. The van der Waals surface area contributed by atoms with Crippen molar-refractivity contribution in [2.24, 2.45) is 0 Å². The molecule has 0 amide bonds. The van der Waals surface area contributed by atoms with Gasteiger partial charge < -0.3 is 10.5 Å². The summed E-state index contributed by atoms with van der Waals surface area (Å²) in [6.07, 6.45) is 0. The lowest BCUT2D eigenvalue weighted by Crippen LogP contribution is -1.93. The maximum absolute atomic E-state index is 6.21. The monoisotopic (exact) mass is 424 g/mol. The van der Waals surface area contributed by atoms with E-state index in [9.17, 15) is 0 Å². The van der Waals surface area contributed by atoms with Crippen LogP contribution in [-0.2, 0) is 0 Å². The first-order chi connectivity index (χ1) is 12.5. The van der Waals surface area contributed by atoms with Crippen LogP contribution in [0.3, 0.4) is 0 Å². The lowest BCUT2D eigenvalue weighted by atomic mass is 10.1. The van der Waals surface area contributed by atoms with Gasteiger partial charge in [0.05, 0.1) is 15.9 Å². The molecule has 1 aromatic heterocycles. The zero-order valence-electron chi connectivity index (χ0n) is 14.4. The number of aryl methyl sites for hydroxylation is 2. The molecule has 0 aliphatic rings. The van der Waals surface area contributed by atoms with Gasteiger partial charge in [-0.25, -0.2) is 4.98 Å². The van der Waals surface area contributed by atoms with Crippen LogP contribution in [-0.4, -0.2) is 4.98 Å². The molecule has 0 aliphatic carbocycles. The van der Waals surface area contributed by atoms with Gasteiger partial charge in [0.25, 0.3) is 0 Å². The molecule has 26 heavy (non-hydrogen) atoms. The van der Waals surface area contributed by atoms with Crippen molar-refractivity contribution >= 4 is 43.2 Å². The maximum atomic E-state index is 6.21. The summed E-state index contributed by atoms with van der Waals surface area (Å²) in [4.78, 5) is 4.72. The summed E-state index contributed by atoms with van der Waals surface area (Å²) in [5.41, 5.74) is 11.1. The van der Waals surface area contributed by atoms with Gasteiger partial charge in [0.2, 0.25) is 0 Å². The normalized spacial score (nSPS) is 11.0. The highest BCUT2D eigenvalue weighted by molar-refractivity contribution is 9.10. The largest absolute Gasteiger partial charge is 0.455 e. The smallest absolute Gasteiger partial charge is 0.151 e. The maximum Gasteiger partial charge on any atom is 0.151 e. The minimum absolute atomic E-state index is 0.587. The Morgan fingerprint density at radius 3 is 2.35 bits per heavy atom. The second-order valence-corrected chi connectivity index (χ2v) is 8.26. The average molecular weight is 425 g/mol. The number of aromatic nitrogens is 1. The summed E-state index contributed by atoms with van der Waals surface area (Å²) < 4.78 is 8.16. The van der Waals surface area contributed by atoms with Crippen LogP contribution in [0.4, 0.5) is 5.69 Å². The number of nitrogen functional groups attached to an aromatic ring is 1. The van der Waals surface area contributed by atoms with Crippen LogP contribution in [0.15, 0.2) is 59.1 Å². The number of nitrogens with two attached hydrogens (primary N) is 1. The lowest BCUT2D eigenvalue weighted by molar-refractivity contribution is 0.485. The number of hydrogen-bond acceptors (Lipinski definition) is 4. The number of fused-ring (bicyclic) bond motifs is 1. The summed E-state index contributed by atoms with van der Waals surface area (Å²) >= 11 is 5.10. The molecule has 0 saturated carbocycles. The Balaban J connectivity index is 1.72. The number of halogens is 1. The molecule has 0 atom stereocenters. The molecule has 0 unspecified atom stereocenters. The number of hydrogen-bond donors (Lipinski definition) is 1. The van der Waals surface area contributed by atoms with Crippen LogP contribution >= 0.6 is 27.3 Å². The van der Waals surface area contributed by atoms with E-state index in [0.29, 0.717) is 11.4 Å². The SMILES string of the molecule is Cc1cc(C)cc(Oc2cc3sc(-c4ccc(Br)cc4)nc3cc2N)c1. The van der Waals surface area contributed by atoms with Crippen molar-refractivity contribution in [2.75, 3.05) is 5.73 Å². The molecular formula is C21H17BrN2OS. The zero-order chi connectivity index (χ0) is 18.3. The molecule has 2 N–H and O–H groups in total. The molecule has 0 fully saturated rings. The first kappa shape index (κ1) is 17.1. The fraction of sp³-hybridized carbons (Fsp3) is 0.0952. The summed E-state index contributed by atoms with van der Waals surface area (Å²) in [6.45, 7) is 4.11. The Labute approximate surface area is 164 Å². The van der Waals surface area contributed by atoms with E-state index in [1.807, 2.05) is 36.4 Å². The van der Waals surface area contributed by atoms with Crippen LogP contribution in [0.1, 0.15) is 11.1 Å². The average Bonchev–Trinajstić information content (AvgIpc) is 2.97. The molecule has 0 aliphatic heterocycles. The highest BCUT2D eigenvalue weighted by Crippen LogP contribution is 2.37. The molecular weight excluding hydrogens is 408 g/mol. The number of nitrogens with zero attached hydrogens (tertiary/aromatic N) is 1. The van der Waals surface area contributed by atoms with Crippen LogP contribution in [0.5, 0.6) is 11.5 Å². The lowest BCUT2D eigenvalue weighted by Gasteiger charge is -2.10. The molecule has 4 aromatic rings. The van der Waals surface area contributed by atoms with Crippen molar-refractivity contribution < 1.29 is 4.74 Å². The van der Waals surface area contributed by atoms with Crippen molar-refractivity contribution in [1.29, 1.82) is 0 Å². The third-order valence-corrected chi connectivity index (χ3v) is 5.63. The summed E-state index contributed by atoms with van der Waals surface area (Å²) in [7, 11) is 0. The molecule has 0 radical (unpaired) electrons. The molecule has 130 valence electrons. The molecule has 0 spiro atoms. The predicted molar refractivity (Wildman–Crippen MR) is 113 cm³/mol. The van der Waals surface area contributed by atoms with Gasteiger partial charge in [-0.15, -0.1) is 11.3 Å². The Hall–Kier alpha value is -2.37. The van der Waals surface area contributed by atoms with Crippen LogP contribution in [0.25, 0.3) is 20.8 Å². The van der Waals surface area contributed by atoms with Crippen LogP contribution < -0.4 is 10.5 Å². The second kappa shape index (κ2) is 6.74. The molecule has 0 bridgehead atoms. The summed E-state index contributed by atoms with van der Waals surface area (Å²) in [5, 5.41) is 0.968. The molecule has 1 heterocycles. The van der Waals surface area contributed by atoms with Gasteiger partial charge in [-0.2, -0.15) is 0 Å². The molecule has 3 nitrogen and oxygen atoms in total. The molecule has 3 aromatic carbocycles. The second-order valence-electron chi connectivity index (χ2n) is 6.31. The molecule has 4 rings (SSSR count). The summed E-state index contributed by atoms with van der Waals surface area (Å²) in [6, 6.07) is 18.1. The van der Waals surface area contributed by atoms with E-state index in [2.05, 4.69) is 48.0 Å². The number of thiazole rings is 1. The zero-order valence-corrected chi connectivity index (χ0v) is 16.8. The van der Waals surface area contributed by atoms with Crippen molar-refractivity contribution in [3.05, 3.63) is 70.2 Å². The van der Waals surface area contributed by atoms with Crippen molar-refractivity contribution in [3.8, 4) is 22.1 Å². The van der Waals surface area contributed by atoms with Crippen molar-refractivity contribution in [1.82, 2.24) is 4.98 Å². The van der Waals surface area contributed by atoms with Gasteiger partial charge in [-0.3, -0.25) is 0 Å². The van der Waals surface area contributed by atoms with Crippen LogP contribution in [0.2, 0.25) is 0 Å². The van der Waals surface area contributed by atoms with Gasteiger partial charge in [-0.05, 0) is 55.3 Å². The van der Waals surface area contributed by atoms with Crippen molar-refractivity contribution in [3.63, 3.8) is 0 Å². The van der Waals surface area contributed by atoms with Gasteiger partial charge in [-0.1, -0.05) is 34.1 Å². The fourth-order valence-corrected chi connectivity index (χ4v) is 4.14. The van der Waals surface area contributed by atoms with E-state index in [4.69, 9.17) is 15.5 Å². The van der Waals surface area contributed by atoms with E-state index < -0.39 is 0 Å². The van der Waals surface area contributed by atoms with E-state index in [-0.39, 0.29) is 0 Å².